The minimum atomic E-state index is -4.09. The summed E-state index contributed by atoms with van der Waals surface area (Å²) in [6.07, 6.45) is 2.24. The van der Waals surface area contributed by atoms with Crippen molar-refractivity contribution < 1.29 is 22.1 Å². The first kappa shape index (κ1) is 22.9. The van der Waals surface area contributed by atoms with Gasteiger partial charge in [-0.3, -0.25) is 9.08 Å². The molecule has 2 aromatic carbocycles. The van der Waals surface area contributed by atoms with Crippen LogP contribution in [0.15, 0.2) is 52.9 Å². The van der Waals surface area contributed by atoms with Gasteiger partial charge in [0.15, 0.2) is 11.5 Å². The maximum absolute atomic E-state index is 13.4. The molecular formula is C26H26N2O5S2. The Morgan fingerprint density at radius 1 is 1.23 bits per heavy atom. The van der Waals surface area contributed by atoms with Crippen molar-refractivity contribution in [3.8, 4) is 16.9 Å². The number of rotatable bonds is 5. The molecule has 6 rings (SSSR count). The molecule has 2 heterocycles. The fourth-order valence-corrected chi connectivity index (χ4v) is 8.21. The number of piperidine rings is 1. The van der Waals surface area contributed by atoms with Crippen LogP contribution >= 0.6 is 11.8 Å². The van der Waals surface area contributed by atoms with Crippen LogP contribution in [0.5, 0.6) is 11.5 Å². The number of aryl methyl sites for hydroxylation is 1. The van der Waals surface area contributed by atoms with Crippen molar-refractivity contribution in [2.75, 3.05) is 20.7 Å². The van der Waals surface area contributed by atoms with E-state index in [9.17, 15) is 13.7 Å². The molecule has 0 amide bonds. The molecule has 0 aromatic heterocycles. The number of thioether (sulfide) groups is 1. The largest absolute Gasteiger partial charge is 0.493 e. The Morgan fingerprint density at radius 3 is 2.71 bits per heavy atom. The third-order valence-electron chi connectivity index (χ3n) is 7.98. The van der Waals surface area contributed by atoms with Crippen molar-refractivity contribution in [3.05, 3.63) is 64.7 Å². The zero-order valence-electron chi connectivity index (χ0n) is 19.7. The Hall–Kier alpha value is -2.51. The molecule has 0 unspecified atom stereocenters. The topological polar surface area (TPSA) is 88.9 Å². The Kier molecular flexibility index (Phi) is 5.24. The van der Waals surface area contributed by atoms with Crippen LogP contribution in [0.4, 0.5) is 0 Å². The van der Waals surface area contributed by atoms with Gasteiger partial charge in [-0.05, 0) is 74.5 Å². The van der Waals surface area contributed by atoms with Gasteiger partial charge in [-0.1, -0.05) is 29.8 Å². The van der Waals surface area contributed by atoms with Crippen LogP contribution in [0.1, 0.15) is 23.1 Å². The second-order valence-corrected chi connectivity index (χ2v) is 12.2. The molecule has 2 bridgehead atoms. The van der Waals surface area contributed by atoms with E-state index in [1.165, 1.54) is 11.1 Å². The summed E-state index contributed by atoms with van der Waals surface area (Å²) in [6, 6.07) is 10.8. The molecule has 1 fully saturated rings. The number of likely N-dealkylation sites (tertiary alicyclic amines) is 1. The van der Waals surface area contributed by atoms with Crippen LogP contribution in [-0.4, -0.2) is 57.5 Å². The highest BCUT2D eigenvalue weighted by molar-refractivity contribution is 8.04. The predicted molar refractivity (Wildman–Crippen MR) is 132 cm³/mol. The zero-order valence-corrected chi connectivity index (χ0v) is 21.4. The lowest BCUT2D eigenvalue weighted by atomic mass is 9.56. The summed E-state index contributed by atoms with van der Waals surface area (Å²) >= 11 is 1.02. The standard InChI is InChI=1S/C26H26N2O5S2/c1-15-4-7-17(8-5-15)35(29,30)33-24-21(34-14-27)13-18-19-12-16-6-9-20(31-3)23-22(16)26(18,25(24)32-23)10-11-28(19)2/h4-9,13,19,21,24-25H,10-12H2,1-3H3/t19-,21-,24+,25+,26+/m1/s1. The first-order valence-corrected chi connectivity index (χ1v) is 13.9. The molecule has 1 saturated heterocycles. The number of thiocyanates is 1. The van der Waals surface area contributed by atoms with E-state index in [0.29, 0.717) is 11.5 Å². The quantitative estimate of drug-likeness (QED) is 0.343. The Bertz CT molecular complexity index is 1380. The zero-order chi connectivity index (χ0) is 24.5. The highest BCUT2D eigenvalue weighted by Crippen LogP contribution is 2.63. The van der Waals surface area contributed by atoms with Crippen molar-refractivity contribution in [3.63, 3.8) is 0 Å². The van der Waals surface area contributed by atoms with Crippen LogP contribution < -0.4 is 9.47 Å². The van der Waals surface area contributed by atoms with E-state index < -0.39 is 33.0 Å². The van der Waals surface area contributed by atoms with Crippen molar-refractivity contribution in [1.29, 1.82) is 5.26 Å². The fourth-order valence-electron chi connectivity index (χ4n) is 6.37. The van der Waals surface area contributed by atoms with E-state index in [1.54, 1.807) is 31.4 Å². The Balaban J connectivity index is 1.52. The van der Waals surface area contributed by atoms with Crippen LogP contribution in [0.3, 0.4) is 0 Å². The maximum atomic E-state index is 13.4. The summed E-state index contributed by atoms with van der Waals surface area (Å²) in [4.78, 5) is 2.44. The van der Waals surface area contributed by atoms with Crippen molar-refractivity contribution in [1.82, 2.24) is 4.90 Å². The molecule has 1 spiro atoms. The van der Waals surface area contributed by atoms with E-state index in [0.717, 1.165) is 42.3 Å². The van der Waals surface area contributed by atoms with E-state index in [1.807, 2.05) is 13.0 Å². The van der Waals surface area contributed by atoms with Crippen molar-refractivity contribution >= 4 is 21.9 Å². The first-order chi connectivity index (χ1) is 16.8. The van der Waals surface area contributed by atoms with Gasteiger partial charge in [0.2, 0.25) is 0 Å². The minimum absolute atomic E-state index is 0.0924. The monoisotopic (exact) mass is 510 g/mol. The molecule has 182 valence electrons. The number of benzene rings is 2. The molecule has 2 aromatic rings. The van der Waals surface area contributed by atoms with Gasteiger partial charge < -0.3 is 9.47 Å². The molecule has 35 heavy (non-hydrogen) atoms. The normalized spacial score (nSPS) is 30.6. The SMILES string of the molecule is COc1ccc2c3c1O[C@H]1[C@@H](OS(=O)(=O)c4ccc(C)cc4)[C@H](SC#N)C=C4[C@@H](C2)N(C)CC[C@]431. The lowest BCUT2D eigenvalue weighted by Crippen LogP contribution is -2.64. The van der Waals surface area contributed by atoms with Crippen LogP contribution in [0.25, 0.3) is 0 Å². The maximum Gasteiger partial charge on any atom is 0.297 e. The van der Waals surface area contributed by atoms with Gasteiger partial charge in [0.05, 0.1) is 22.7 Å². The number of hydrogen-bond donors (Lipinski definition) is 0. The number of ether oxygens (including phenoxy) is 2. The van der Waals surface area contributed by atoms with Crippen LogP contribution in [0, 0.1) is 17.6 Å². The summed E-state index contributed by atoms with van der Waals surface area (Å²) in [5.74, 6) is 1.31. The molecule has 2 aliphatic heterocycles. The molecule has 0 N–H and O–H groups in total. The first-order valence-electron chi connectivity index (χ1n) is 11.6. The molecular weight excluding hydrogens is 484 g/mol. The number of nitriles is 1. The molecule has 0 saturated carbocycles. The van der Waals surface area contributed by atoms with E-state index >= 15 is 0 Å². The smallest absolute Gasteiger partial charge is 0.297 e. The highest BCUT2D eigenvalue weighted by atomic mass is 32.2. The van der Waals surface area contributed by atoms with Gasteiger partial charge >= 0.3 is 0 Å². The van der Waals surface area contributed by atoms with Crippen molar-refractivity contribution in [2.45, 2.75) is 53.6 Å². The second kappa shape index (κ2) is 8.00. The summed E-state index contributed by atoms with van der Waals surface area (Å²) in [6.45, 7) is 2.75. The summed E-state index contributed by atoms with van der Waals surface area (Å²) in [5.41, 5.74) is 3.95. The number of methoxy groups -OCH3 is 1. The van der Waals surface area contributed by atoms with Gasteiger partial charge in [-0.25, -0.2) is 0 Å². The van der Waals surface area contributed by atoms with Gasteiger partial charge in [0, 0.05) is 11.6 Å². The van der Waals surface area contributed by atoms with Crippen molar-refractivity contribution in [2.24, 2.45) is 0 Å². The third-order valence-corrected chi connectivity index (χ3v) is 10.1. The Morgan fingerprint density at radius 2 is 2.00 bits per heavy atom. The summed E-state index contributed by atoms with van der Waals surface area (Å²) in [5, 5.41) is 11.3. The average molecular weight is 511 g/mol. The molecule has 5 atom stereocenters. The van der Waals surface area contributed by atoms with E-state index in [2.05, 4.69) is 29.5 Å². The lowest BCUT2D eigenvalue weighted by molar-refractivity contribution is 0.00599. The minimum Gasteiger partial charge on any atom is -0.493 e. The molecule has 4 aliphatic rings. The number of nitrogens with zero attached hydrogens (tertiary/aromatic N) is 2. The predicted octanol–water partition coefficient (Wildman–Crippen LogP) is 3.56. The number of hydrogen-bond acceptors (Lipinski definition) is 8. The highest BCUT2D eigenvalue weighted by Gasteiger charge is 2.65. The van der Waals surface area contributed by atoms with E-state index in [4.69, 9.17) is 13.7 Å². The lowest BCUT2D eigenvalue weighted by Gasteiger charge is -2.55. The summed E-state index contributed by atoms with van der Waals surface area (Å²) < 4.78 is 45.1. The van der Waals surface area contributed by atoms with Gasteiger partial charge in [0.1, 0.15) is 17.6 Å². The van der Waals surface area contributed by atoms with Gasteiger partial charge in [-0.2, -0.15) is 13.7 Å². The molecule has 0 radical (unpaired) electrons. The van der Waals surface area contributed by atoms with Gasteiger partial charge in [0.25, 0.3) is 10.1 Å². The second-order valence-electron chi connectivity index (χ2n) is 9.72. The van der Waals surface area contributed by atoms with Gasteiger partial charge in [-0.15, -0.1) is 0 Å². The van der Waals surface area contributed by atoms with E-state index in [-0.39, 0.29) is 10.9 Å². The summed E-state index contributed by atoms with van der Waals surface area (Å²) in [7, 11) is -0.360. The molecule has 2 aliphatic carbocycles. The third kappa shape index (κ3) is 3.20. The fraction of sp³-hybridized carbons (Fsp3) is 0.423. The average Bonchev–Trinajstić information content (AvgIpc) is 3.18. The molecule has 9 heteroatoms. The molecule has 7 nitrogen and oxygen atoms in total. The Labute approximate surface area is 209 Å². The number of likely N-dealkylation sites (N-methyl/N-ethyl adjacent to an activating group) is 1. The van der Waals surface area contributed by atoms with Crippen LogP contribution in [0.2, 0.25) is 0 Å². The van der Waals surface area contributed by atoms with Crippen LogP contribution in [-0.2, 0) is 26.1 Å².